The lowest BCUT2D eigenvalue weighted by molar-refractivity contribution is 0.252. The number of anilines is 1. The number of benzene rings is 1. The number of nitrogens with zero attached hydrogens (tertiary/aromatic N) is 2. The van der Waals surface area contributed by atoms with Crippen molar-refractivity contribution in [3.63, 3.8) is 0 Å². The number of rotatable bonds is 6. The van der Waals surface area contributed by atoms with Crippen molar-refractivity contribution < 1.29 is 4.79 Å². The van der Waals surface area contributed by atoms with Crippen molar-refractivity contribution >= 4 is 45.6 Å². The summed E-state index contributed by atoms with van der Waals surface area (Å²) >= 11 is 4.59. The van der Waals surface area contributed by atoms with Gasteiger partial charge in [0.1, 0.15) is 0 Å². The average Bonchev–Trinajstić information content (AvgIpc) is 3.24. The first kappa shape index (κ1) is 16.0. The average molecular weight is 363 g/mol. The molecule has 0 atom stereocenters. The lowest BCUT2D eigenvalue weighted by atomic mass is 10.2. The van der Waals surface area contributed by atoms with Crippen LogP contribution in [0.5, 0.6) is 0 Å². The van der Waals surface area contributed by atoms with Crippen molar-refractivity contribution in [3.05, 3.63) is 58.3 Å². The van der Waals surface area contributed by atoms with Gasteiger partial charge in [-0.2, -0.15) is 0 Å². The van der Waals surface area contributed by atoms with Gasteiger partial charge in [0.15, 0.2) is 4.34 Å². The number of thioether (sulfide) groups is 1. The zero-order valence-electron chi connectivity index (χ0n) is 12.1. The van der Waals surface area contributed by atoms with Crippen molar-refractivity contribution in [2.75, 3.05) is 5.32 Å². The molecule has 5 nitrogen and oxygen atoms in total. The fraction of sp³-hybridized carbons (Fsp3) is 0.133. The van der Waals surface area contributed by atoms with Gasteiger partial charge in [-0.05, 0) is 17.0 Å². The Kier molecular flexibility index (Phi) is 5.62. The summed E-state index contributed by atoms with van der Waals surface area (Å²) in [5, 5.41) is 16.1. The Hall–Kier alpha value is -1.90. The lowest BCUT2D eigenvalue weighted by Gasteiger charge is -2.02. The van der Waals surface area contributed by atoms with Gasteiger partial charge in [0.05, 0.1) is 6.54 Å². The molecule has 23 heavy (non-hydrogen) atoms. The number of carbonyl (C=O) groups is 1. The Labute approximate surface area is 146 Å². The maximum Gasteiger partial charge on any atom is 0.321 e. The highest BCUT2D eigenvalue weighted by molar-refractivity contribution is 8.00. The van der Waals surface area contributed by atoms with E-state index in [1.54, 1.807) is 23.1 Å². The number of hydrogen-bond donors (Lipinski definition) is 2. The minimum Gasteiger partial charge on any atom is -0.333 e. The van der Waals surface area contributed by atoms with E-state index in [4.69, 9.17) is 0 Å². The van der Waals surface area contributed by atoms with Crippen LogP contribution in [0.15, 0.2) is 52.2 Å². The first-order valence-electron chi connectivity index (χ1n) is 6.87. The highest BCUT2D eigenvalue weighted by Gasteiger charge is 2.08. The third-order valence-electron chi connectivity index (χ3n) is 2.84. The van der Waals surface area contributed by atoms with E-state index in [1.807, 2.05) is 35.7 Å². The van der Waals surface area contributed by atoms with Gasteiger partial charge in [-0.15, -0.1) is 21.5 Å². The summed E-state index contributed by atoms with van der Waals surface area (Å²) in [5.41, 5.74) is 1.23. The van der Waals surface area contributed by atoms with E-state index < -0.39 is 0 Å². The Balaban J connectivity index is 1.46. The van der Waals surface area contributed by atoms with Gasteiger partial charge in [0, 0.05) is 10.6 Å². The molecule has 0 spiro atoms. The summed E-state index contributed by atoms with van der Waals surface area (Å²) in [7, 11) is 0. The minimum atomic E-state index is -0.269. The molecule has 2 N–H and O–H groups in total. The standard InChI is InChI=1S/C15H14N4OS3/c20-13(16-9-12-7-4-8-21-12)17-14-18-19-15(23-14)22-10-11-5-2-1-3-6-11/h1-8H,9-10H2,(H2,16,17,18,20). The second-order valence-corrected chi connectivity index (χ2v) is 7.77. The van der Waals surface area contributed by atoms with E-state index in [2.05, 4.69) is 33.0 Å². The summed E-state index contributed by atoms with van der Waals surface area (Å²) in [6, 6.07) is 13.8. The van der Waals surface area contributed by atoms with Crippen LogP contribution in [0.4, 0.5) is 9.93 Å². The lowest BCUT2D eigenvalue weighted by Crippen LogP contribution is -2.27. The molecule has 2 heterocycles. The zero-order chi connectivity index (χ0) is 15.9. The fourth-order valence-corrected chi connectivity index (χ4v) is 4.11. The second kappa shape index (κ2) is 8.09. The molecule has 0 aliphatic carbocycles. The molecule has 3 rings (SSSR count). The molecule has 118 valence electrons. The molecule has 2 amide bonds. The van der Waals surface area contributed by atoms with Crippen LogP contribution in [0.2, 0.25) is 0 Å². The van der Waals surface area contributed by atoms with Gasteiger partial charge in [0.2, 0.25) is 5.13 Å². The van der Waals surface area contributed by atoms with Crippen LogP contribution in [0.3, 0.4) is 0 Å². The molecular formula is C15H14N4OS3. The Morgan fingerprint density at radius 3 is 2.78 bits per heavy atom. The first-order chi connectivity index (χ1) is 11.3. The molecular weight excluding hydrogens is 348 g/mol. The number of thiophene rings is 1. The van der Waals surface area contributed by atoms with E-state index in [9.17, 15) is 4.79 Å². The number of carbonyl (C=O) groups excluding carboxylic acids is 1. The van der Waals surface area contributed by atoms with Crippen molar-refractivity contribution in [2.45, 2.75) is 16.6 Å². The maximum absolute atomic E-state index is 11.8. The number of nitrogens with one attached hydrogen (secondary N) is 2. The van der Waals surface area contributed by atoms with Gasteiger partial charge >= 0.3 is 6.03 Å². The monoisotopic (exact) mass is 362 g/mol. The number of urea groups is 1. The van der Waals surface area contributed by atoms with Crippen LogP contribution in [0.1, 0.15) is 10.4 Å². The van der Waals surface area contributed by atoms with Crippen LogP contribution >= 0.6 is 34.4 Å². The van der Waals surface area contributed by atoms with E-state index in [0.717, 1.165) is 15.0 Å². The van der Waals surface area contributed by atoms with Gasteiger partial charge in [-0.25, -0.2) is 4.79 Å². The summed E-state index contributed by atoms with van der Waals surface area (Å²) in [6.07, 6.45) is 0. The molecule has 0 bridgehead atoms. The number of aromatic nitrogens is 2. The predicted octanol–water partition coefficient (Wildman–Crippen LogP) is 4.21. The summed E-state index contributed by atoms with van der Waals surface area (Å²) in [4.78, 5) is 12.9. The molecule has 0 fully saturated rings. The molecule has 3 aromatic rings. The quantitative estimate of drug-likeness (QED) is 0.509. The molecule has 0 saturated heterocycles. The van der Waals surface area contributed by atoms with Crippen molar-refractivity contribution in [3.8, 4) is 0 Å². The third-order valence-corrected chi connectivity index (χ3v) is 5.75. The summed E-state index contributed by atoms with van der Waals surface area (Å²) < 4.78 is 0.836. The largest absolute Gasteiger partial charge is 0.333 e. The molecule has 0 saturated carbocycles. The zero-order valence-corrected chi connectivity index (χ0v) is 14.5. The van der Waals surface area contributed by atoms with Gasteiger partial charge < -0.3 is 5.32 Å². The smallest absolute Gasteiger partial charge is 0.321 e. The number of hydrogen-bond acceptors (Lipinski definition) is 6. The van der Waals surface area contributed by atoms with Crippen LogP contribution in [0.25, 0.3) is 0 Å². The van der Waals surface area contributed by atoms with Gasteiger partial charge in [0.25, 0.3) is 0 Å². The van der Waals surface area contributed by atoms with Crippen LogP contribution in [0, 0.1) is 0 Å². The first-order valence-corrected chi connectivity index (χ1v) is 9.55. The molecule has 8 heteroatoms. The molecule has 0 unspecified atom stereocenters. The highest BCUT2D eigenvalue weighted by atomic mass is 32.2. The van der Waals surface area contributed by atoms with Gasteiger partial charge in [-0.3, -0.25) is 5.32 Å². The molecule has 0 aliphatic heterocycles. The fourth-order valence-electron chi connectivity index (χ4n) is 1.76. The van der Waals surface area contributed by atoms with Crippen molar-refractivity contribution in [2.24, 2.45) is 0 Å². The van der Waals surface area contributed by atoms with E-state index in [1.165, 1.54) is 16.9 Å². The van der Waals surface area contributed by atoms with E-state index in [0.29, 0.717) is 11.7 Å². The molecule has 2 aromatic heterocycles. The number of amides is 2. The molecule has 0 aliphatic rings. The van der Waals surface area contributed by atoms with Crippen LogP contribution < -0.4 is 10.6 Å². The van der Waals surface area contributed by atoms with Crippen molar-refractivity contribution in [1.29, 1.82) is 0 Å². The normalized spacial score (nSPS) is 10.4. The highest BCUT2D eigenvalue weighted by Crippen LogP contribution is 2.28. The third kappa shape index (κ3) is 5.05. The Morgan fingerprint density at radius 2 is 2.00 bits per heavy atom. The SMILES string of the molecule is O=C(NCc1cccs1)Nc1nnc(SCc2ccccc2)s1. The molecule has 0 radical (unpaired) electrons. The Morgan fingerprint density at radius 1 is 1.13 bits per heavy atom. The summed E-state index contributed by atoms with van der Waals surface area (Å²) in [5.74, 6) is 0.833. The maximum atomic E-state index is 11.8. The predicted molar refractivity (Wildman–Crippen MR) is 96.1 cm³/mol. The van der Waals surface area contributed by atoms with Crippen LogP contribution in [-0.4, -0.2) is 16.2 Å². The Bertz CT molecular complexity index is 743. The minimum absolute atomic E-state index is 0.269. The molecule has 1 aromatic carbocycles. The van der Waals surface area contributed by atoms with Crippen LogP contribution in [-0.2, 0) is 12.3 Å². The second-order valence-electron chi connectivity index (χ2n) is 4.53. The summed E-state index contributed by atoms with van der Waals surface area (Å²) in [6.45, 7) is 0.512. The van der Waals surface area contributed by atoms with Crippen molar-refractivity contribution in [1.82, 2.24) is 15.5 Å². The van der Waals surface area contributed by atoms with E-state index in [-0.39, 0.29) is 6.03 Å². The topological polar surface area (TPSA) is 66.9 Å². The van der Waals surface area contributed by atoms with Gasteiger partial charge in [-0.1, -0.05) is 59.5 Å². The van der Waals surface area contributed by atoms with E-state index >= 15 is 0 Å².